The Morgan fingerprint density at radius 2 is 1.58 bits per heavy atom. The molecule has 4 rings (SSSR count). The SMILES string of the molecule is Cc1cc(C)cc(C(O)(c2cn(-c3c(C)cccc3O)nn2)C(C=Nc2c(C)cccc2O)N=N)c1. The Kier molecular flexibility index (Phi) is 6.67. The quantitative estimate of drug-likeness (QED) is 0.217. The fourth-order valence-electron chi connectivity index (χ4n) is 4.35. The van der Waals surface area contributed by atoms with Crippen LogP contribution in [0, 0.1) is 33.2 Å². The molecule has 0 aliphatic rings. The summed E-state index contributed by atoms with van der Waals surface area (Å²) < 4.78 is 1.39. The molecule has 1 aromatic heterocycles. The van der Waals surface area contributed by atoms with Gasteiger partial charge in [-0.05, 0) is 56.5 Å². The third-order valence-corrected chi connectivity index (χ3v) is 6.12. The zero-order chi connectivity index (χ0) is 26.0. The lowest BCUT2D eigenvalue weighted by molar-refractivity contribution is 0.0673. The van der Waals surface area contributed by atoms with Crippen LogP contribution >= 0.6 is 0 Å². The molecule has 3 aromatic carbocycles. The first kappa shape index (κ1) is 24.7. The Morgan fingerprint density at radius 1 is 0.944 bits per heavy atom. The van der Waals surface area contributed by atoms with Crippen molar-refractivity contribution in [1.29, 1.82) is 5.53 Å². The van der Waals surface area contributed by atoms with Gasteiger partial charge in [0, 0.05) is 6.21 Å². The Morgan fingerprint density at radius 3 is 2.19 bits per heavy atom. The summed E-state index contributed by atoms with van der Waals surface area (Å²) in [5, 5.41) is 45.0. The van der Waals surface area contributed by atoms with Crippen LogP contribution in [0.3, 0.4) is 0 Å². The van der Waals surface area contributed by atoms with Gasteiger partial charge >= 0.3 is 0 Å². The smallest absolute Gasteiger partial charge is 0.164 e. The molecule has 4 aromatic rings. The van der Waals surface area contributed by atoms with Crippen LogP contribution in [-0.2, 0) is 5.60 Å². The van der Waals surface area contributed by atoms with Crippen LogP contribution < -0.4 is 0 Å². The van der Waals surface area contributed by atoms with E-state index >= 15 is 0 Å². The number of nitrogens with zero attached hydrogens (tertiary/aromatic N) is 5. The number of phenolic OH excluding ortho intramolecular Hbond substituents is 2. The van der Waals surface area contributed by atoms with E-state index in [2.05, 4.69) is 20.4 Å². The minimum absolute atomic E-state index is 0.0136. The Labute approximate surface area is 208 Å². The number of aliphatic imine (C=N–C) groups is 1. The maximum Gasteiger partial charge on any atom is 0.164 e. The predicted molar refractivity (Wildman–Crippen MR) is 137 cm³/mol. The van der Waals surface area contributed by atoms with Gasteiger partial charge < -0.3 is 15.3 Å². The van der Waals surface area contributed by atoms with Gasteiger partial charge in [0.15, 0.2) is 5.60 Å². The number of para-hydroxylation sites is 2. The molecule has 9 nitrogen and oxygen atoms in total. The van der Waals surface area contributed by atoms with E-state index in [9.17, 15) is 15.3 Å². The van der Waals surface area contributed by atoms with Crippen LogP contribution in [-0.4, -0.2) is 42.6 Å². The van der Waals surface area contributed by atoms with Crippen LogP contribution in [0.1, 0.15) is 33.5 Å². The lowest BCUT2D eigenvalue weighted by atomic mass is 9.83. The van der Waals surface area contributed by atoms with Crippen molar-refractivity contribution in [3.05, 3.63) is 94.3 Å². The van der Waals surface area contributed by atoms with Crippen molar-refractivity contribution in [1.82, 2.24) is 15.0 Å². The average molecular weight is 485 g/mol. The summed E-state index contributed by atoms with van der Waals surface area (Å²) in [7, 11) is 0. The summed E-state index contributed by atoms with van der Waals surface area (Å²) >= 11 is 0. The second-order valence-electron chi connectivity index (χ2n) is 8.93. The summed E-state index contributed by atoms with van der Waals surface area (Å²) in [5.74, 6) is -0.00870. The summed E-state index contributed by atoms with van der Waals surface area (Å²) in [6.07, 6.45) is 2.84. The average Bonchev–Trinajstić information content (AvgIpc) is 3.30. The van der Waals surface area contributed by atoms with Gasteiger partial charge in [-0.3, -0.25) is 4.99 Å². The Hall–Kier alpha value is -4.37. The number of phenols is 2. The number of rotatable bonds is 7. The van der Waals surface area contributed by atoms with Gasteiger partial charge in [0.1, 0.15) is 34.6 Å². The first-order chi connectivity index (χ1) is 17.1. The van der Waals surface area contributed by atoms with Crippen LogP contribution in [0.5, 0.6) is 11.5 Å². The number of hydrogen-bond donors (Lipinski definition) is 4. The molecule has 0 bridgehead atoms. The Bertz CT molecular complexity index is 1400. The van der Waals surface area contributed by atoms with Gasteiger partial charge in [0.25, 0.3) is 0 Å². The molecular weight excluding hydrogens is 456 g/mol. The molecule has 36 heavy (non-hydrogen) atoms. The van der Waals surface area contributed by atoms with Crippen molar-refractivity contribution in [2.45, 2.75) is 39.3 Å². The highest BCUT2D eigenvalue weighted by molar-refractivity contribution is 5.75. The maximum atomic E-state index is 12.2. The summed E-state index contributed by atoms with van der Waals surface area (Å²) in [6, 6.07) is 14.5. The van der Waals surface area contributed by atoms with E-state index in [1.807, 2.05) is 32.9 Å². The second-order valence-corrected chi connectivity index (χ2v) is 8.93. The van der Waals surface area contributed by atoms with Gasteiger partial charge in [-0.15, -0.1) is 5.10 Å². The normalized spacial score (nSPS) is 14.0. The van der Waals surface area contributed by atoms with Crippen molar-refractivity contribution < 1.29 is 15.3 Å². The highest BCUT2D eigenvalue weighted by Gasteiger charge is 2.43. The van der Waals surface area contributed by atoms with Gasteiger partial charge in [-0.1, -0.05) is 58.8 Å². The summed E-state index contributed by atoms with van der Waals surface area (Å²) in [6.45, 7) is 7.45. The summed E-state index contributed by atoms with van der Waals surface area (Å²) in [5.41, 5.74) is 10.7. The molecule has 184 valence electrons. The van der Waals surface area contributed by atoms with Crippen LogP contribution in [0.4, 0.5) is 5.69 Å². The molecule has 4 N–H and O–H groups in total. The van der Waals surface area contributed by atoms with Gasteiger partial charge in [-0.2, -0.15) is 5.11 Å². The van der Waals surface area contributed by atoms with E-state index in [1.165, 1.54) is 23.2 Å². The van der Waals surface area contributed by atoms with Crippen molar-refractivity contribution in [3.8, 4) is 17.2 Å². The lowest BCUT2D eigenvalue weighted by Crippen LogP contribution is -2.41. The molecule has 0 spiro atoms. The standard InChI is InChI=1S/C27H28N6O3/c1-16-11-17(2)13-20(12-16)27(36,23(30-28)14-29-25-18(3)7-5-9-21(25)34)24-15-33(32-31-24)26-19(4)8-6-10-22(26)35/h5-15,23,28,34-36H,1-4H3. The minimum atomic E-state index is -1.92. The molecule has 0 aliphatic carbocycles. The lowest BCUT2D eigenvalue weighted by Gasteiger charge is -2.30. The van der Waals surface area contributed by atoms with Gasteiger partial charge in [-0.25, -0.2) is 10.2 Å². The molecule has 9 heteroatoms. The highest BCUT2D eigenvalue weighted by atomic mass is 16.3. The molecule has 0 aliphatic heterocycles. The van der Waals surface area contributed by atoms with E-state index in [0.29, 0.717) is 16.9 Å². The van der Waals surface area contributed by atoms with Crippen LogP contribution in [0.25, 0.3) is 5.69 Å². The highest BCUT2D eigenvalue weighted by Crippen LogP contribution is 2.36. The van der Waals surface area contributed by atoms with E-state index in [-0.39, 0.29) is 17.2 Å². The first-order valence-electron chi connectivity index (χ1n) is 11.4. The molecular formula is C27H28N6O3. The third-order valence-electron chi connectivity index (χ3n) is 6.12. The maximum absolute atomic E-state index is 12.2. The van der Waals surface area contributed by atoms with Crippen molar-refractivity contribution in [3.63, 3.8) is 0 Å². The summed E-state index contributed by atoms with van der Waals surface area (Å²) in [4.78, 5) is 4.39. The van der Waals surface area contributed by atoms with Crippen molar-refractivity contribution >= 4 is 11.9 Å². The number of aliphatic hydroxyl groups is 1. The minimum Gasteiger partial charge on any atom is -0.506 e. The molecule has 0 radical (unpaired) electrons. The van der Waals surface area contributed by atoms with Crippen molar-refractivity contribution in [2.75, 3.05) is 0 Å². The third kappa shape index (κ3) is 4.48. The molecule has 0 saturated heterocycles. The molecule has 2 unspecified atom stereocenters. The zero-order valence-corrected chi connectivity index (χ0v) is 20.5. The van der Waals surface area contributed by atoms with E-state index in [4.69, 9.17) is 5.53 Å². The van der Waals surface area contributed by atoms with Crippen molar-refractivity contribution in [2.24, 2.45) is 10.1 Å². The fourth-order valence-corrected chi connectivity index (χ4v) is 4.35. The number of hydrogen-bond acceptors (Lipinski definition) is 8. The van der Waals surface area contributed by atoms with E-state index in [1.54, 1.807) is 43.3 Å². The molecule has 1 heterocycles. The van der Waals surface area contributed by atoms with Crippen LogP contribution in [0.2, 0.25) is 0 Å². The molecule has 0 fully saturated rings. The zero-order valence-electron chi connectivity index (χ0n) is 20.5. The van der Waals surface area contributed by atoms with E-state index < -0.39 is 11.6 Å². The van der Waals surface area contributed by atoms with E-state index in [0.717, 1.165) is 22.3 Å². The number of benzene rings is 3. The number of aromatic nitrogens is 3. The number of aryl methyl sites for hydroxylation is 4. The van der Waals surface area contributed by atoms with Crippen LogP contribution in [0.15, 0.2) is 70.9 Å². The molecule has 0 amide bonds. The molecule has 2 atom stereocenters. The fraction of sp³-hybridized carbons (Fsp3) is 0.222. The largest absolute Gasteiger partial charge is 0.506 e. The monoisotopic (exact) mass is 484 g/mol. The predicted octanol–water partition coefficient (Wildman–Crippen LogP) is 4.95. The topological polar surface area (TPSA) is 140 Å². The first-order valence-corrected chi connectivity index (χ1v) is 11.4. The molecule has 0 saturated carbocycles. The van der Waals surface area contributed by atoms with Gasteiger partial charge in [0.05, 0.1) is 6.20 Å². The number of aromatic hydroxyl groups is 2. The van der Waals surface area contributed by atoms with Gasteiger partial charge in [0.2, 0.25) is 0 Å². The Balaban J connectivity index is 1.89. The number of nitrogens with one attached hydrogen (secondary N) is 1. The second kappa shape index (κ2) is 9.71.